The van der Waals surface area contributed by atoms with Crippen molar-refractivity contribution in [3.05, 3.63) is 41.7 Å². The highest BCUT2D eigenvalue weighted by Crippen LogP contribution is 2.20. The molecule has 25 heavy (non-hydrogen) atoms. The maximum Gasteiger partial charge on any atom is 0.360 e. The highest BCUT2D eigenvalue weighted by Gasteiger charge is 2.25. The van der Waals surface area contributed by atoms with Crippen LogP contribution in [-0.4, -0.2) is 44.9 Å². The molecule has 2 N–H and O–H groups in total. The van der Waals surface area contributed by atoms with E-state index in [-0.39, 0.29) is 23.9 Å². The van der Waals surface area contributed by atoms with Gasteiger partial charge in [-0.05, 0) is 29.4 Å². The van der Waals surface area contributed by atoms with Crippen molar-refractivity contribution >= 4 is 17.5 Å². The Morgan fingerprint density at radius 3 is 2.72 bits per heavy atom. The second kappa shape index (κ2) is 6.99. The number of nitrogens with two attached hydrogens (primary N) is 1. The largest absolute Gasteiger partial charge is 0.461 e. The first kappa shape index (κ1) is 16.4. The number of hydrogen-bond acceptors (Lipinski definition) is 9. The Morgan fingerprint density at radius 2 is 2.08 bits per heavy atom. The number of benzene rings is 1. The summed E-state index contributed by atoms with van der Waals surface area (Å²) in [5.74, 6) is -0.358. The molecule has 3 aromatic rings. The Kier molecular flexibility index (Phi) is 4.59. The molecular formula is C15H17N7O3. The summed E-state index contributed by atoms with van der Waals surface area (Å²) in [5, 5.41) is 15.2. The summed E-state index contributed by atoms with van der Waals surface area (Å²) < 4.78 is 11.0. The lowest BCUT2D eigenvalue weighted by Gasteiger charge is -2.19. The van der Waals surface area contributed by atoms with Gasteiger partial charge in [0.05, 0.1) is 13.2 Å². The van der Waals surface area contributed by atoms with Crippen LogP contribution in [0.25, 0.3) is 5.82 Å². The summed E-state index contributed by atoms with van der Waals surface area (Å²) in [6.45, 7) is 2.27. The van der Waals surface area contributed by atoms with Gasteiger partial charge in [-0.15, -0.1) is 5.10 Å². The number of anilines is 2. The smallest absolute Gasteiger partial charge is 0.360 e. The maximum absolute atomic E-state index is 12.2. The van der Waals surface area contributed by atoms with Crippen LogP contribution in [0.5, 0.6) is 0 Å². The molecule has 1 aromatic carbocycles. The van der Waals surface area contributed by atoms with Crippen molar-refractivity contribution in [2.45, 2.75) is 13.5 Å². The first-order valence-corrected chi connectivity index (χ1v) is 7.58. The van der Waals surface area contributed by atoms with Gasteiger partial charge in [0.15, 0.2) is 5.69 Å². The van der Waals surface area contributed by atoms with Crippen LogP contribution in [0.2, 0.25) is 0 Å². The minimum atomic E-state index is -0.569. The van der Waals surface area contributed by atoms with Gasteiger partial charge >= 0.3 is 5.97 Å². The third-order valence-electron chi connectivity index (χ3n) is 3.51. The fraction of sp³-hybridized carbons (Fsp3) is 0.267. The van der Waals surface area contributed by atoms with Crippen LogP contribution in [0.1, 0.15) is 23.1 Å². The van der Waals surface area contributed by atoms with Crippen LogP contribution in [0.3, 0.4) is 0 Å². The fourth-order valence-corrected chi connectivity index (χ4v) is 2.31. The SMILES string of the molecule is CCOC(=O)c1nnn(-c2nonc2N)c1CN(C)c1ccccc1. The topological polar surface area (TPSA) is 125 Å². The lowest BCUT2D eigenvalue weighted by molar-refractivity contribution is 0.0518. The number of nitrogens with zero attached hydrogens (tertiary/aromatic N) is 6. The molecule has 0 aliphatic heterocycles. The zero-order valence-corrected chi connectivity index (χ0v) is 13.8. The number of para-hydroxylation sites is 1. The van der Waals surface area contributed by atoms with Crippen LogP contribution < -0.4 is 10.6 Å². The Balaban J connectivity index is 2.01. The number of carbonyl (C=O) groups excluding carboxylic acids is 1. The average Bonchev–Trinajstić information content (AvgIpc) is 3.21. The number of carbonyl (C=O) groups is 1. The van der Waals surface area contributed by atoms with Crippen LogP contribution in [-0.2, 0) is 11.3 Å². The fourth-order valence-electron chi connectivity index (χ4n) is 2.31. The molecule has 0 unspecified atom stereocenters. The number of ether oxygens (including phenoxy) is 1. The molecule has 10 heteroatoms. The van der Waals surface area contributed by atoms with E-state index in [1.54, 1.807) is 6.92 Å². The normalized spacial score (nSPS) is 10.6. The van der Waals surface area contributed by atoms with E-state index in [9.17, 15) is 4.79 Å². The molecule has 0 amide bonds. The molecule has 3 rings (SSSR count). The van der Waals surface area contributed by atoms with E-state index in [0.717, 1.165) is 5.69 Å². The van der Waals surface area contributed by atoms with Crippen LogP contribution in [0.4, 0.5) is 11.5 Å². The molecule has 0 atom stereocenters. The number of rotatable bonds is 6. The molecule has 0 spiro atoms. The summed E-state index contributed by atoms with van der Waals surface area (Å²) in [7, 11) is 1.88. The van der Waals surface area contributed by atoms with E-state index in [0.29, 0.717) is 12.2 Å². The summed E-state index contributed by atoms with van der Waals surface area (Å²) >= 11 is 0. The molecule has 2 aromatic heterocycles. The quantitative estimate of drug-likeness (QED) is 0.653. The number of nitrogen functional groups attached to an aromatic ring is 1. The molecule has 2 heterocycles. The minimum Gasteiger partial charge on any atom is -0.461 e. The van der Waals surface area contributed by atoms with Gasteiger partial charge in [0.1, 0.15) is 5.69 Å². The molecule has 0 radical (unpaired) electrons. The van der Waals surface area contributed by atoms with E-state index in [4.69, 9.17) is 10.5 Å². The van der Waals surface area contributed by atoms with Crippen molar-refractivity contribution in [1.82, 2.24) is 25.3 Å². The van der Waals surface area contributed by atoms with Gasteiger partial charge in [-0.3, -0.25) is 0 Å². The van der Waals surface area contributed by atoms with E-state index < -0.39 is 5.97 Å². The average molecular weight is 343 g/mol. The second-order valence-corrected chi connectivity index (χ2v) is 5.18. The Morgan fingerprint density at radius 1 is 1.32 bits per heavy atom. The monoisotopic (exact) mass is 343 g/mol. The lowest BCUT2D eigenvalue weighted by Crippen LogP contribution is -2.21. The molecule has 0 saturated heterocycles. The highest BCUT2D eigenvalue weighted by atomic mass is 16.6. The summed E-state index contributed by atoms with van der Waals surface area (Å²) in [6.07, 6.45) is 0. The highest BCUT2D eigenvalue weighted by molar-refractivity contribution is 5.88. The third-order valence-corrected chi connectivity index (χ3v) is 3.51. The van der Waals surface area contributed by atoms with Gasteiger partial charge in [0, 0.05) is 12.7 Å². The van der Waals surface area contributed by atoms with E-state index in [1.807, 2.05) is 42.3 Å². The predicted octanol–water partition coefficient (Wildman–Crippen LogP) is 1.05. The van der Waals surface area contributed by atoms with Crippen LogP contribution >= 0.6 is 0 Å². The van der Waals surface area contributed by atoms with Crippen molar-refractivity contribution < 1.29 is 14.2 Å². The standard InChI is InChI=1S/C15H17N7O3/c1-3-24-15(23)12-11(9-21(2)10-7-5-4-6-8-10)22(20-17-12)14-13(16)18-25-19-14/h4-8H,3,9H2,1-2H3,(H2,16,18). The molecule has 0 bridgehead atoms. The molecule has 130 valence electrons. The Labute approximate surface area is 143 Å². The van der Waals surface area contributed by atoms with Crippen molar-refractivity contribution in [2.75, 3.05) is 24.3 Å². The van der Waals surface area contributed by atoms with Crippen molar-refractivity contribution in [1.29, 1.82) is 0 Å². The number of esters is 1. The molecule has 0 aliphatic carbocycles. The Bertz CT molecular complexity index is 859. The van der Waals surface area contributed by atoms with Crippen LogP contribution in [0.15, 0.2) is 35.0 Å². The Hall–Kier alpha value is -3.43. The lowest BCUT2D eigenvalue weighted by atomic mass is 10.2. The first-order chi connectivity index (χ1) is 12.1. The van der Waals surface area contributed by atoms with Crippen LogP contribution in [0, 0.1) is 0 Å². The van der Waals surface area contributed by atoms with E-state index in [2.05, 4.69) is 25.3 Å². The van der Waals surface area contributed by atoms with Gasteiger partial charge in [0.2, 0.25) is 11.6 Å². The molecule has 0 aliphatic rings. The predicted molar refractivity (Wildman–Crippen MR) is 88.1 cm³/mol. The molecule has 0 fully saturated rings. The molecule has 10 nitrogen and oxygen atoms in total. The number of hydrogen-bond donors (Lipinski definition) is 1. The zero-order chi connectivity index (χ0) is 17.8. The molecular weight excluding hydrogens is 326 g/mol. The summed E-state index contributed by atoms with van der Waals surface area (Å²) in [4.78, 5) is 14.1. The second-order valence-electron chi connectivity index (χ2n) is 5.18. The first-order valence-electron chi connectivity index (χ1n) is 7.58. The minimum absolute atomic E-state index is 0.0453. The van der Waals surface area contributed by atoms with Gasteiger partial charge < -0.3 is 15.4 Å². The van der Waals surface area contributed by atoms with Crippen molar-refractivity contribution in [3.63, 3.8) is 0 Å². The van der Waals surface area contributed by atoms with E-state index >= 15 is 0 Å². The number of aromatic nitrogens is 5. The molecule has 0 saturated carbocycles. The van der Waals surface area contributed by atoms with Gasteiger partial charge in [-0.2, -0.15) is 4.68 Å². The maximum atomic E-state index is 12.2. The van der Waals surface area contributed by atoms with Gasteiger partial charge in [0.25, 0.3) is 0 Å². The van der Waals surface area contributed by atoms with Crippen molar-refractivity contribution in [3.8, 4) is 5.82 Å². The zero-order valence-electron chi connectivity index (χ0n) is 13.8. The third kappa shape index (κ3) is 3.27. The van der Waals surface area contributed by atoms with E-state index in [1.165, 1.54) is 4.68 Å². The van der Waals surface area contributed by atoms with Gasteiger partial charge in [-0.1, -0.05) is 23.4 Å². The summed E-state index contributed by atoms with van der Waals surface area (Å²) in [6, 6.07) is 9.67. The van der Waals surface area contributed by atoms with Gasteiger partial charge in [-0.25, -0.2) is 9.42 Å². The summed E-state index contributed by atoms with van der Waals surface area (Å²) in [5.41, 5.74) is 7.25. The van der Waals surface area contributed by atoms with Crippen molar-refractivity contribution in [2.24, 2.45) is 0 Å².